The average molecular weight is 407 g/mol. The van der Waals surface area contributed by atoms with Gasteiger partial charge in [-0.05, 0) is 52.2 Å². The first-order chi connectivity index (χ1) is 14.4. The second-order valence-corrected chi connectivity index (χ2v) is 7.09. The Morgan fingerprint density at radius 1 is 1.10 bits per heavy atom. The third kappa shape index (κ3) is 5.48. The fraction of sp³-hybridized carbons (Fsp3) is 0.286. The van der Waals surface area contributed by atoms with Crippen molar-refractivity contribution < 1.29 is 4.92 Å². The Morgan fingerprint density at radius 2 is 1.93 bits per heavy atom. The summed E-state index contributed by atoms with van der Waals surface area (Å²) in [7, 11) is 4.06. The molecule has 0 atom stereocenters. The first-order valence-electron chi connectivity index (χ1n) is 9.64. The molecule has 3 aromatic rings. The van der Waals surface area contributed by atoms with Crippen molar-refractivity contribution in [3.8, 4) is 11.4 Å². The summed E-state index contributed by atoms with van der Waals surface area (Å²) in [6, 6.07) is 12.3. The van der Waals surface area contributed by atoms with Gasteiger partial charge in [0.05, 0.1) is 21.9 Å². The maximum absolute atomic E-state index is 11.2. The molecule has 9 heteroatoms. The Kier molecular flexibility index (Phi) is 6.87. The van der Waals surface area contributed by atoms with Gasteiger partial charge in [0.2, 0.25) is 5.95 Å². The molecule has 3 rings (SSSR count). The SMILES string of the molecule is Cc1c(Nc2cc(-c3ccccn3)nc(NCCCN(C)C)n2)cccc1[N+](=O)[O-]. The first kappa shape index (κ1) is 21.1. The largest absolute Gasteiger partial charge is 0.354 e. The van der Waals surface area contributed by atoms with Crippen LogP contribution in [0.4, 0.5) is 23.1 Å². The topological polar surface area (TPSA) is 109 Å². The summed E-state index contributed by atoms with van der Waals surface area (Å²) < 4.78 is 0. The number of rotatable bonds is 9. The fourth-order valence-electron chi connectivity index (χ4n) is 2.93. The molecule has 2 N–H and O–H groups in total. The molecule has 0 saturated heterocycles. The number of anilines is 3. The average Bonchev–Trinajstić information content (AvgIpc) is 2.73. The zero-order chi connectivity index (χ0) is 21.5. The lowest BCUT2D eigenvalue weighted by Crippen LogP contribution is -2.17. The molecule has 0 spiro atoms. The highest BCUT2D eigenvalue weighted by Crippen LogP contribution is 2.28. The van der Waals surface area contributed by atoms with Crippen LogP contribution < -0.4 is 10.6 Å². The summed E-state index contributed by atoms with van der Waals surface area (Å²) in [5, 5.41) is 17.7. The number of benzene rings is 1. The monoisotopic (exact) mass is 407 g/mol. The van der Waals surface area contributed by atoms with E-state index in [-0.39, 0.29) is 5.69 Å². The summed E-state index contributed by atoms with van der Waals surface area (Å²) in [6.45, 7) is 3.38. The van der Waals surface area contributed by atoms with E-state index < -0.39 is 4.92 Å². The maximum atomic E-state index is 11.2. The standard InChI is InChI=1S/C21H25N7O2/c1-15-16(9-6-10-19(15)28(29)30)24-20-14-18(17-8-4-5-11-22-17)25-21(26-20)23-12-7-13-27(2)3/h4-6,8-11,14H,7,12-13H2,1-3H3,(H2,23,24,25,26). The Hall–Kier alpha value is -3.59. The number of hydrogen-bond donors (Lipinski definition) is 2. The van der Waals surface area contributed by atoms with Gasteiger partial charge in [-0.3, -0.25) is 15.1 Å². The number of nitrogens with one attached hydrogen (secondary N) is 2. The van der Waals surface area contributed by atoms with Gasteiger partial charge in [-0.1, -0.05) is 12.1 Å². The van der Waals surface area contributed by atoms with Gasteiger partial charge in [0.15, 0.2) is 0 Å². The molecule has 2 heterocycles. The number of nitrogens with zero attached hydrogens (tertiary/aromatic N) is 5. The quantitative estimate of drug-likeness (QED) is 0.313. The normalized spacial score (nSPS) is 10.8. The highest BCUT2D eigenvalue weighted by Gasteiger charge is 2.15. The van der Waals surface area contributed by atoms with Crippen molar-refractivity contribution in [2.24, 2.45) is 0 Å². The summed E-state index contributed by atoms with van der Waals surface area (Å²) >= 11 is 0. The molecule has 0 aliphatic rings. The van der Waals surface area contributed by atoms with Crippen molar-refractivity contribution in [3.05, 3.63) is 64.3 Å². The van der Waals surface area contributed by atoms with Crippen LogP contribution in [0.1, 0.15) is 12.0 Å². The van der Waals surface area contributed by atoms with Crippen molar-refractivity contribution in [1.82, 2.24) is 19.9 Å². The van der Waals surface area contributed by atoms with Crippen LogP contribution in [0.15, 0.2) is 48.7 Å². The molecule has 0 bridgehead atoms. The van der Waals surface area contributed by atoms with E-state index in [0.29, 0.717) is 28.7 Å². The van der Waals surface area contributed by atoms with E-state index in [0.717, 1.165) is 25.2 Å². The maximum Gasteiger partial charge on any atom is 0.274 e. The number of pyridine rings is 1. The molecule has 2 aromatic heterocycles. The van der Waals surface area contributed by atoms with Gasteiger partial charge in [0.1, 0.15) is 5.82 Å². The van der Waals surface area contributed by atoms with Gasteiger partial charge in [-0.15, -0.1) is 0 Å². The molecule has 1 aromatic carbocycles. The molecule has 0 saturated carbocycles. The lowest BCUT2D eigenvalue weighted by Gasteiger charge is -2.13. The molecule has 0 unspecified atom stereocenters. The van der Waals surface area contributed by atoms with Crippen LogP contribution in [0.2, 0.25) is 0 Å². The molecular formula is C21H25N7O2. The van der Waals surface area contributed by atoms with Crippen molar-refractivity contribution in [1.29, 1.82) is 0 Å². The second-order valence-electron chi connectivity index (χ2n) is 7.09. The minimum atomic E-state index is -0.391. The van der Waals surface area contributed by atoms with E-state index in [4.69, 9.17) is 0 Å². The van der Waals surface area contributed by atoms with E-state index in [9.17, 15) is 10.1 Å². The van der Waals surface area contributed by atoms with Crippen molar-refractivity contribution in [3.63, 3.8) is 0 Å². The molecule has 9 nitrogen and oxygen atoms in total. The predicted molar refractivity (Wildman–Crippen MR) is 118 cm³/mol. The summed E-state index contributed by atoms with van der Waals surface area (Å²) in [4.78, 5) is 26.5. The lowest BCUT2D eigenvalue weighted by molar-refractivity contribution is -0.385. The number of aromatic nitrogens is 3. The van der Waals surface area contributed by atoms with Gasteiger partial charge in [-0.25, -0.2) is 4.98 Å². The molecule has 0 aliphatic carbocycles. The Labute approximate surface area is 175 Å². The summed E-state index contributed by atoms with van der Waals surface area (Å²) in [6.07, 6.45) is 2.65. The van der Waals surface area contributed by atoms with Gasteiger partial charge < -0.3 is 15.5 Å². The van der Waals surface area contributed by atoms with Crippen molar-refractivity contribution in [2.75, 3.05) is 37.8 Å². The van der Waals surface area contributed by atoms with Crippen LogP contribution in [0, 0.1) is 17.0 Å². The summed E-state index contributed by atoms with van der Waals surface area (Å²) in [5.41, 5.74) is 2.59. The van der Waals surface area contributed by atoms with Crippen molar-refractivity contribution >= 4 is 23.1 Å². The number of nitro groups is 1. The van der Waals surface area contributed by atoms with Crippen LogP contribution in [-0.2, 0) is 0 Å². The van der Waals surface area contributed by atoms with Crippen molar-refractivity contribution in [2.45, 2.75) is 13.3 Å². The number of nitro benzene ring substituents is 1. The van der Waals surface area contributed by atoms with Crippen LogP contribution in [-0.4, -0.2) is 52.0 Å². The second kappa shape index (κ2) is 9.75. The predicted octanol–water partition coefficient (Wildman–Crippen LogP) is 3.86. The molecule has 156 valence electrons. The smallest absolute Gasteiger partial charge is 0.274 e. The molecule has 0 amide bonds. The van der Waals surface area contributed by atoms with Crippen LogP contribution in [0.25, 0.3) is 11.4 Å². The van der Waals surface area contributed by atoms with E-state index >= 15 is 0 Å². The van der Waals surface area contributed by atoms with Crippen LogP contribution in [0.3, 0.4) is 0 Å². The van der Waals surface area contributed by atoms with Gasteiger partial charge in [0, 0.05) is 30.6 Å². The van der Waals surface area contributed by atoms with E-state index in [2.05, 4.69) is 30.5 Å². The Balaban J connectivity index is 1.90. The minimum Gasteiger partial charge on any atom is -0.354 e. The van der Waals surface area contributed by atoms with Crippen LogP contribution >= 0.6 is 0 Å². The minimum absolute atomic E-state index is 0.0565. The van der Waals surface area contributed by atoms with Gasteiger partial charge in [-0.2, -0.15) is 4.98 Å². The third-order valence-electron chi connectivity index (χ3n) is 4.48. The third-order valence-corrected chi connectivity index (χ3v) is 4.48. The Bertz CT molecular complexity index is 1010. The molecule has 0 fully saturated rings. The molecule has 0 aliphatic heterocycles. The first-order valence-corrected chi connectivity index (χ1v) is 9.64. The van der Waals surface area contributed by atoms with E-state index in [1.54, 1.807) is 31.3 Å². The molecule has 0 radical (unpaired) electrons. The lowest BCUT2D eigenvalue weighted by atomic mass is 10.1. The van der Waals surface area contributed by atoms with Crippen LogP contribution in [0.5, 0.6) is 0 Å². The zero-order valence-corrected chi connectivity index (χ0v) is 17.3. The fourth-order valence-corrected chi connectivity index (χ4v) is 2.93. The highest BCUT2D eigenvalue weighted by atomic mass is 16.6. The number of hydrogen-bond acceptors (Lipinski definition) is 8. The van der Waals surface area contributed by atoms with E-state index in [1.165, 1.54) is 6.07 Å². The zero-order valence-electron chi connectivity index (χ0n) is 17.3. The highest BCUT2D eigenvalue weighted by molar-refractivity contribution is 5.69. The van der Waals surface area contributed by atoms with Gasteiger partial charge in [0.25, 0.3) is 5.69 Å². The Morgan fingerprint density at radius 3 is 2.63 bits per heavy atom. The van der Waals surface area contributed by atoms with Gasteiger partial charge >= 0.3 is 0 Å². The van der Waals surface area contributed by atoms with E-state index in [1.807, 2.05) is 32.3 Å². The summed E-state index contributed by atoms with van der Waals surface area (Å²) in [5.74, 6) is 1.01. The molecular weight excluding hydrogens is 382 g/mol. The molecule has 30 heavy (non-hydrogen) atoms.